The number of ether oxygens (including phenoxy) is 2. The Morgan fingerprint density at radius 2 is 2.00 bits per heavy atom. The van der Waals surface area contributed by atoms with Crippen LogP contribution in [-0.2, 0) is 0 Å². The van der Waals surface area contributed by atoms with Gasteiger partial charge in [-0.3, -0.25) is 4.79 Å². The van der Waals surface area contributed by atoms with E-state index in [4.69, 9.17) is 9.47 Å². The monoisotopic (exact) mass is 369 g/mol. The SMILES string of the molecule is Cc1nc(C)c2c(C)c(C(=O)NCC3COc4ccccc4O3)sc2n1. The Morgan fingerprint density at radius 3 is 2.81 bits per heavy atom. The summed E-state index contributed by atoms with van der Waals surface area (Å²) in [5.41, 5.74) is 1.83. The van der Waals surface area contributed by atoms with Crippen LogP contribution in [0.5, 0.6) is 11.5 Å². The van der Waals surface area contributed by atoms with Gasteiger partial charge in [0.2, 0.25) is 0 Å². The molecular formula is C19H19N3O3S. The zero-order valence-corrected chi connectivity index (χ0v) is 15.6. The van der Waals surface area contributed by atoms with Crippen LogP contribution in [0.3, 0.4) is 0 Å². The summed E-state index contributed by atoms with van der Waals surface area (Å²) in [6.45, 7) is 6.54. The van der Waals surface area contributed by atoms with E-state index in [0.717, 1.165) is 33.0 Å². The van der Waals surface area contributed by atoms with Gasteiger partial charge >= 0.3 is 0 Å². The summed E-state index contributed by atoms with van der Waals surface area (Å²) in [6.07, 6.45) is -0.215. The molecule has 2 aromatic heterocycles. The van der Waals surface area contributed by atoms with E-state index in [1.165, 1.54) is 11.3 Å². The number of nitrogens with one attached hydrogen (secondary N) is 1. The second-order valence-electron chi connectivity index (χ2n) is 6.30. The molecule has 1 aliphatic rings. The molecule has 0 saturated heterocycles. The quantitative estimate of drug-likeness (QED) is 0.768. The largest absolute Gasteiger partial charge is 0.486 e. The molecule has 1 aliphatic heterocycles. The molecule has 26 heavy (non-hydrogen) atoms. The van der Waals surface area contributed by atoms with Crippen LogP contribution in [0.4, 0.5) is 0 Å². The molecule has 3 aromatic rings. The summed E-state index contributed by atoms with van der Waals surface area (Å²) >= 11 is 1.40. The smallest absolute Gasteiger partial charge is 0.261 e. The first-order chi connectivity index (χ1) is 12.5. The molecule has 4 rings (SSSR count). The van der Waals surface area contributed by atoms with Crippen molar-refractivity contribution in [2.24, 2.45) is 0 Å². The highest BCUT2D eigenvalue weighted by atomic mass is 32.1. The molecule has 0 radical (unpaired) electrons. The van der Waals surface area contributed by atoms with Crippen LogP contribution in [0.25, 0.3) is 10.2 Å². The minimum atomic E-state index is -0.215. The molecule has 6 nitrogen and oxygen atoms in total. The Labute approximate surface area is 155 Å². The Balaban J connectivity index is 1.48. The highest BCUT2D eigenvalue weighted by Crippen LogP contribution is 2.32. The maximum absolute atomic E-state index is 12.7. The van der Waals surface area contributed by atoms with Crippen LogP contribution in [0.2, 0.25) is 0 Å². The maximum Gasteiger partial charge on any atom is 0.261 e. The zero-order valence-electron chi connectivity index (χ0n) is 14.8. The molecular weight excluding hydrogens is 350 g/mol. The standard InChI is InChI=1S/C19H19N3O3S/c1-10-16-11(2)21-12(3)22-19(16)26-17(10)18(23)20-8-13-9-24-14-6-4-5-7-15(14)25-13/h4-7,13H,8-9H2,1-3H3,(H,20,23). The fourth-order valence-electron chi connectivity index (χ4n) is 3.14. The number of carbonyl (C=O) groups excluding carboxylic acids is 1. The summed E-state index contributed by atoms with van der Waals surface area (Å²) in [7, 11) is 0. The van der Waals surface area contributed by atoms with E-state index in [1.54, 1.807) is 0 Å². The summed E-state index contributed by atoms with van der Waals surface area (Å²) in [6, 6.07) is 7.54. The highest BCUT2D eigenvalue weighted by Gasteiger charge is 2.23. The lowest BCUT2D eigenvalue weighted by atomic mass is 10.1. The predicted octanol–water partition coefficient (Wildman–Crippen LogP) is 3.19. The molecule has 1 aromatic carbocycles. The summed E-state index contributed by atoms with van der Waals surface area (Å²) in [4.78, 5) is 23.1. The molecule has 0 aliphatic carbocycles. The van der Waals surface area contributed by atoms with Gasteiger partial charge < -0.3 is 14.8 Å². The van der Waals surface area contributed by atoms with E-state index in [2.05, 4.69) is 15.3 Å². The number of carbonyl (C=O) groups is 1. The van der Waals surface area contributed by atoms with Crippen molar-refractivity contribution >= 4 is 27.5 Å². The molecule has 1 amide bonds. The second-order valence-corrected chi connectivity index (χ2v) is 7.30. The minimum Gasteiger partial charge on any atom is -0.486 e. The molecule has 0 bridgehead atoms. The number of benzene rings is 1. The van der Waals surface area contributed by atoms with Crippen LogP contribution < -0.4 is 14.8 Å². The van der Waals surface area contributed by atoms with E-state index in [0.29, 0.717) is 23.8 Å². The molecule has 0 spiro atoms. The number of amides is 1. The number of hydrogen-bond acceptors (Lipinski definition) is 6. The van der Waals surface area contributed by atoms with Gasteiger partial charge in [0, 0.05) is 11.1 Å². The predicted molar refractivity (Wildman–Crippen MR) is 100 cm³/mol. The van der Waals surface area contributed by atoms with Gasteiger partial charge in [0.05, 0.1) is 11.4 Å². The lowest BCUT2D eigenvalue weighted by Gasteiger charge is -2.26. The van der Waals surface area contributed by atoms with Gasteiger partial charge in [-0.2, -0.15) is 0 Å². The zero-order chi connectivity index (χ0) is 18.3. The van der Waals surface area contributed by atoms with Gasteiger partial charge in [-0.15, -0.1) is 11.3 Å². The van der Waals surface area contributed by atoms with Crippen molar-refractivity contribution in [1.82, 2.24) is 15.3 Å². The van der Waals surface area contributed by atoms with Crippen LogP contribution >= 0.6 is 11.3 Å². The van der Waals surface area contributed by atoms with Gasteiger partial charge in [0.1, 0.15) is 23.4 Å². The number of rotatable bonds is 3. The molecule has 1 N–H and O–H groups in total. The Hall–Kier alpha value is -2.67. The van der Waals surface area contributed by atoms with Gasteiger partial charge in [0.15, 0.2) is 11.5 Å². The average Bonchev–Trinajstić information content (AvgIpc) is 2.96. The molecule has 0 saturated carbocycles. The van der Waals surface area contributed by atoms with Crippen LogP contribution in [0.15, 0.2) is 24.3 Å². The molecule has 1 atom stereocenters. The van der Waals surface area contributed by atoms with Crippen LogP contribution in [0.1, 0.15) is 26.8 Å². The summed E-state index contributed by atoms with van der Waals surface area (Å²) < 4.78 is 11.6. The number of para-hydroxylation sites is 2. The maximum atomic E-state index is 12.7. The third-order valence-corrected chi connectivity index (χ3v) is 5.53. The fourth-order valence-corrected chi connectivity index (χ4v) is 4.33. The van der Waals surface area contributed by atoms with E-state index >= 15 is 0 Å². The molecule has 0 fully saturated rings. The van der Waals surface area contributed by atoms with Crippen molar-refractivity contribution in [2.45, 2.75) is 26.9 Å². The highest BCUT2D eigenvalue weighted by molar-refractivity contribution is 7.20. The topological polar surface area (TPSA) is 73.3 Å². The van der Waals surface area contributed by atoms with E-state index in [1.807, 2.05) is 45.0 Å². The molecule has 7 heteroatoms. The third kappa shape index (κ3) is 2.99. The molecule has 1 unspecified atom stereocenters. The van der Waals surface area contributed by atoms with Crippen LogP contribution in [-0.4, -0.2) is 35.1 Å². The van der Waals surface area contributed by atoms with Crippen molar-refractivity contribution in [3.8, 4) is 11.5 Å². The fraction of sp³-hybridized carbons (Fsp3) is 0.316. The van der Waals surface area contributed by atoms with Gasteiger partial charge in [-0.25, -0.2) is 9.97 Å². The Morgan fingerprint density at radius 1 is 1.23 bits per heavy atom. The van der Waals surface area contributed by atoms with Gasteiger partial charge in [-0.05, 0) is 38.5 Å². The molecule has 134 valence electrons. The van der Waals surface area contributed by atoms with E-state index < -0.39 is 0 Å². The van der Waals surface area contributed by atoms with Gasteiger partial charge in [0.25, 0.3) is 5.91 Å². The number of thiophene rings is 1. The third-order valence-electron chi connectivity index (χ3n) is 4.35. The Bertz CT molecular complexity index is 999. The number of hydrogen-bond donors (Lipinski definition) is 1. The number of aryl methyl sites for hydroxylation is 3. The normalized spacial score (nSPS) is 15.9. The van der Waals surface area contributed by atoms with E-state index in [9.17, 15) is 4.79 Å². The molecule has 3 heterocycles. The van der Waals surface area contributed by atoms with Crippen molar-refractivity contribution in [1.29, 1.82) is 0 Å². The van der Waals surface area contributed by atoms with Crippen molar-refractivity contribution in [3.63, 3.8) is 0 Å². The second kappa shape index (κ2) is 6.57. The number of aromatic nitrogens is 2. The first kappa shape index (κ1) is 16.8. The number of nitrogens with zero attached hydrogens (tertiary/aromatic N) is 2. The summed E-state index contributed by atoms with van der Waals surface area (Å²) in [5.74, 6) is 2.04. The van der Waals surface area contributed by atoms with Crippen molar-refractivity contribution in [2.75, 3.05) is 13.2 Å². The lowest BCUT2D eigenvalue weighted by Crippen LogP contribution is -2.40. The summed E-state index contributed by atoms with van der Waals surface area (Å²) in [5, 5.41) is 3.92. The first-order valence-electron chi connectivity index (χ1n) is 8.44. The minimum absolute atomic E-state index is 0.120. The van der Waals surface area contributed by atoms with Crippen molar-refractivity contribution < 1.29 is 14.3 Å². The average molecular weight is 369 g/mol. The van der Waals surface area contributed by atoms with E-state index in [-0.39, 0.29) is 12.0 Å². The number of fused-ring (bicyclic) bond motifs is 2. The first-order valence-corrected chi connectivity index (χ1v) is 9.25. The van der Waals surface area contributed by atoms with Gasteiger partial charge in [-0.1, -0.05) is 12.1 Å². The lowest BCUT2D eigenvalue weighted by molar-refractivity contribution is 0.0791. The Kier molecular flexibility index (Phi) is 4.24. The van der Waals surface area contributed by atoms with Crippen molar-refractivity contribution in [3.05, 3.63) is 46.2 Å². The van der Waals surface area contributed by atoms with Crippen LogP contribution in [0, 0.1) is 20.8 Å².